The molecule has 2 rings (SSSR count). The number of rotatable bonds is 1. The van der Waals surface area contributed by atoms with Crippen molar-refractivity contribution >= 4 is 18.8 Å². The fourth-order valence-corrected chi connectivity index (χ4v) is 2.68. The van der Waals surface area contributed by atoms with Crippen LogP contribution in [0.25, 0.3) is 10.8 Å². The van der Waals surface area contributed by atoms with E-state index in [1.165, 1.54) is 16.3 Å². The largest absolute Gasteiger partial charge is 0.131 e. The smallest absolute Gasteiger partial charge is 0.129 e. The molecular formula is C17H20Si. The Morgan fingerprint density at radius 2 is 1.61 bits per heavy atom. The summed E-state index contributed by atoms with van der Waals surface area (Å²) in [5.41, 5.74) is 4.82. The first-order chi connectivity index (χ1) is 8.47. The molecule has 0 aliphatic carbocycles. The zero-order valence-corrected chi connectivity index (χ0v) is 12.6. The molecule has 92 valence electrons. The highest BCUT2D eigenvalue weighted by Gasteiger charge is 2.10. The summed E-state index contributed by atoms with van der Waals surface area (Å²) in [5.74, 6) is 3.75. The van der Waals surface area contributed by atoms with Crippen molar-refractivity contribution in [3.63, 3.8) is 0 Å². The van der Waals surface area contributed by atoms with Crippen LogP contribution in [-0.2, 0) is 0 Å². The Bertz CT molecular complexity index is 603. The highest BCUT2D eigenvalue weighted by molar-refractivity contribution is 6.83. The van der Waals surface area contributed by atoms with Gasteiger partial charge >= 0.3 is 0 Å². The average molecular weight is 252 g/mol. The topological polar surface area (TPSA) is 0 Å². The molecule has 0 unspecified atom stereocenters. The van der Waals surface area contributed by atoms with Crippen molar-refractivity contribution in [2.24, 2.45) is 0 Å². The van der Waals surface area contributed by atoms with E-state index in [2.05, 4.69) is 80.5 Å². The Hall–Kier alpha value is -1.52. The first-order valence-corrected chi connectivity index (χ1v) is 9.98. The third kappa shape index (κ3) is 3.03. The SMILES string of the molecule is C[C@@H](C#C[Si](C)(C)C)c1cccc2ccccc12. The first kappa shape index (κ1) is 12.9. The highest BCUT2D eigenvalue weighted by Crippen LogP contribution is 2.25. The molecule has 18 heavy (non-hydrogen) atoms. The van der Waals surface area contributed by atoms with E-state index in [0.29, 0.717) is 5.92 Å². The molecule has 0 aliphatic heterocycles. The van der Waals surface area contributed by atoms with Crippen LogP contribution in [0.5, 0.6) is 0 Å². The van der Waals surface area contributed by atoms with Crippen molar-refractivity contribution < 1.29 is 0 Å². The van der Waals surface area contributed by atoms with Crippen LogP contribution in [0.15, 0.2) is 42.5 Å². The number of hydrogen-bond acceptors (Lipinski definition) is 0. The van der Waals surface area contributed by atoms with Gasteiger partial charge in [0, 0.05) is 5.92 Å². The van der Waals surface area contributed by atoms with Gasteiger partial charge in [-0.15, -0.1) is 11.5 Å². The van der Waals surface area contributed by atoms with Gasteiger partial charge in [0.25, 0.3) is 0 Å². The van der Waals surface area contributed by atoms with Crippen LogP contribution >= 0.6 is 0 Å². The molecule has 0 heterocycles. The minimum absolute atomic E-state index is 0.308. The van der Waals surface area contributed by atoms with Crippen molar-refractivity contribution in [3.8, 4) is 11.5 Å². The van der Waals surface area contributed by atoms with Crippen molar-refractivity contribution in [1.82, 2.24) is 0 Å². The average Bonchev–Trinajstić information content (AvgIpc) is 2.34. The predicted molar refractivity (Wildman–Crippen MR) is 83.5 cm³/mol. The van der Waals surface area contributed by atoms with Gasteiger partial charge in [0.1, 0.15) is 8.07 Å². The summed E-state index contributed by atoms with van der Waals surface area (Å²) in [5, 5.41) is 2.63. The van der Waals surface area contributed by atoms with Crippen LogP contribution in [0.3, 0.4) is 0 Å². The summed E-state index contributed by atoms with van der Waals surface area (Å²) in [6.45, 7) is 9.07. The maximum absolute atomic E-state index is 3.47. The van der Waals surface area contributed by atoms with Crippen LogP contribution in [0.4, 0.5) is 0 Å². The molecule has 0 nitrogen and oxygen atoms in total. The fraction of sp³-hybridized carbons (Fsp3) is 0.294. The zero-order chi connectivity index (χ0) is 13.2. The Balaban J connectivity index is 2.44. The summed E-state index contributed by atoms with van der Waals surface area (Å²) >= 11 is 0. The third-order valence-electron chi connectivity index (χ3n) is 2.95. The Kier molecular flexibility index (Phi) is 3.59. The van der Waals surface area contributed by atoms with Crippen LogP contribution in [0, 0.1) is 11.5 Å². The normalized spacial score (nSPS) is 12.9. The van der Waals surface area contributed by atoms with Crippen molar-refractivity contribution in [2.75, 3.05) is 0 Å². The predicted octanol–water partition coefficient (Wildman–Crippen LogP) is 4.82. The summed E-state index contributed by atoms with van der Waals surface area (Å²) < 4.78 is 0. The monoisotopic (exact) mass is 252 g/mol. The summed E-state index contributed by atoms with van der Waals surface area (Å²) in [6, 6.07) is 15.0. The lowest BCUT2D eigenvalue weighted by Gasteiger charge is -2.10. The maximum atomic E-state index is 3.47. The minimum atomic E-state index is -1.28. The zero-order valence-electron chi connectivity index (χ0n) is 11.6. The minimum Gasteiger partial charge on any atom is -0.131 e. The van der Waals surface area contributed by atoms with Crippen LogP contribution < -0.4 is 0 Å². The lowest BCUT2D eigenvalue weighted by Crippen LogP contribution is -2.16. The molecular weight excluding hydrogens is 232 g/mol. The standard InChI is InChI=1S/C17H20Si/c1-14(12-13-18(2,3)4)16-11-7-9-15-8-5-6-10-17(15)16/h5-11,14H,1-4H3/t14-/m0/s1. The van der Waals surface area contributed by atoms with E-state index in [1.54, 1.807) is 0 Å². The molecule has 2 aromatic rings. The molecule has 1 atom stereocenters. The van der Waals surface area contributed by atoms with E-state index >= 15 is 0 Å². The van der Waals surface area contributed by atoms with Crippen molar-refractivity contribution in [3.05, 3.63) is 48.0 Å². The molecule has 0 bridgehead atoms. The van der Waals surface area contributed by atoms with E-state index < -0.39 is 8.07 Å². The molecule has 2 aromatic carbocycles. The van der Waals surface area contributed by atoms with Gasteiger partial charge in [-0.1, -0.05) is 62.1 Å². The van der Waals surface area contributed by atoms with Crippen LogP contribution in [-0.4, -0.2) is 8.07 Å². The number of fused-ring (bicyclic) bond motifs is 1. The number of benzene rings is 2. The molecule has 0 saturated carbocycles. The van der Waals surface area contributed by atoms with Gasteiger partial charge in [0.05, 0.1) is 0 Å². The molecule has 0 aliphatic rings. The Morgan fingerprint density at radius 3 is 2.33 bits per heavy atom. The maximum Gasteiger partial charge on any atom is 0.129 e. The quantitative estimate of drug-likeness (QED) is 0.504. The van der Waals surface area contributed by atoms with Gasteiger partial charge in [-0.05, 0) is 23.3 Å². The molecule has 0 aromatic heterocycles. The molecule has 0 N–H and O–H groups in total. The van der Waals surface area contributed by atoms with E-state index in [0.717, 1.165) is 0 Å². The summed E-state index contributed by atoms with van der Waals surface area (Å²) in [7, 11) is -1.28. The third-order valence-corrected chi connectivity index (χ3v) is 3.85. The molecule has 0 spiro atoms. The van der Waals surface area contributed by atoms with E-state index in [4.69, 9.17) is 0 Å². The van der Waals surface area contributed by atoms with Gasteiger partial charge in [0.15, 0.2) is 0 Å². The van der Waals surface area contributed by atoms with Crippen molar-refractivity contribution in [1.29, 1.82) is 0 Å². The second kappa shape index (κ2) is 5.00. The second-order valence-electron chi connectivity index (χ2n) is 5.81. The highest BCUT2D eigenvalue weighted by atomic mass is 28.3. The summed E-state index contributed by atoms with van der Waals surface area (Å²) in [6.07, 6.45) is 0. The molecule has 1 heteroatoms. The number of hydrogen-bond donors (Lipinski definition) is 0. The lowest BCUT2D eigenvalue weighted by atomic mass is 9.95. The molecule has 0 amide bonds. The van der Waals surface area contributed by atoms with Crippen LogP contribution in [0.2, 0.25) is 19.6 Å². The lowest BCUT2D eigenvalue weighted by molar-refractivity contribution is 1.02. The van der Waals surface area contributed by atoms with Crippen LogP contribution in [0.1, 0.15) is 18.4 Å². The van der Waals surface area contributed by atoms with Crippen molar-refractivity contribution in [2.45, 2.75) is 32.5 Å². The first-order valence-electron chi connectivity index (χ1n) is 6.48. The van der Waals surface area contributed by atoms with Gasteiger partial charge in [0.2, 0.25) is 0 Å². The second-order valence-corrected chi connectivity index (χ2v) is 10.6. The van der Waals surface area contributed by atoms with E-state index in [9.17, 15) is 0 Å². The summed E-state index contributed by atoms with van der Waals surface area (Å²) in [4.78, 5) is 0. The van der Waals surface area contributed by atoms with Gasteiger partial charge < -0.3 is 0 Å². The van der Waals surface area contributed by atoms with E-state index in [1.807, 2.05) is 0 Å². The Labute approximate surface area is 111 Å². The molecule has 0 radical (unpaired) electrons. The molecule has 0 fully saturated rings. The van der Waals surface area contributed by atoms with E-state index in [-0.39, 0.29) is 0 Å². The van der Waals surface area contributed by atoms with Gasteiger partial charge in [-0.25, -0.2) is 0 Å². The fourth-order valence-electron chi connectivity index (χ4n) is 2.03. The Morgan fingerprint density at radius 1 is 0.944 bits per heavy atom. The molecule has 0 saturated heterocycles. The van der Waals surface area contributed by atoms with Gasteiger partial charge in [-0.2, -0.15) is 0 Å². The van der Waals surface area contributed by atoms with Gasteiger partial charge in [-0.3, -0.25) is 0 Å².